The Labute approximate surface area is 140 Å². The van der Waals surface area contributed by atoms with Crippen LogP contribution in [0.3, 0.4) is 0 Å². The van der Waals surface area contributed by atoms with E-state index >= 15 is 0 Å². The number of rotatable bonds is 3. The first-order chi connectivity index (χ1) is 11.4. The maximum atomic E-state index is 12.2. The van der Waals surface area contributed by atoms with E-state index in [1.54, 1.807) is 24.3 Å². The van der Waals surface area contributed by atoms with Crippen LogP contribution in [0.4, 0.5) is 24.5 Å². The molecule has 0 atom stereocenters. The molecular weight excluding hydrogens is 345 g/mol. The lowest BCUT2D eigenvalue weighted by molar-refractivity contribution is -0.274. The Kier molecular flexibility index (Phi) is 4.34. The van der Waals surface area contributed by atoms with Crippen LogP contribution < -0.4 is 24.8 Å². The number of thiocarbonyl (C=S) groups is 1. The van der Waals surface area contributed by atoms with Gasteiger partial charge in [-0.3, -0.25) is 0 Å². The van der Waals surface area contributed by atoms with Gasteiger partial charge in [-0.15, -0.1) is 13.2 Å². The summed E-state index contributed by atoms with van der Waals surface area (Å²) in [6.07, 6.45) is -4.75. The minimum atomic E-state index is -4.75. The number of halogens is 3. The lowest BCUT2D eigenvalue weighted by Gasteiger charge is -2.13. The molecule has 9 heteroatoms. The fourth-order valence-electron chi connectivity index (χ4n) is 2.04. The van der Waals surface area contributed by atoms with Gasteiger partial charge in [0.2, 0.25) is 6.79 Å². The first-order valence-corrected chi connectivity index (χ1v) is 7.13. The van der Waals surface area contributed by atoms with Crippen molar-refractivity contribution in [3.8, 4) is 17.2 Å². The number of hydrogen-bond acceptors (Lipinski definition) is 4. The Balaban J connectivity index is 1.63. The Bertz CT molecular complexity index is 768. The molecule has 0 bridgehead atoms. The lowest BCUT2D eigenvalue weighted by Crippen LogP contribution is -2.20. The molecule has 2 N–H and O–H groups in total. The molecule has 3 rings (SSSR count). The molecular formula is C15H11F3N2O3S. The number of hydrogen-bond donors (Lipinski definition) is 2. The van der Waals surface area contributed by atoms with Crippen LogP contribution in [0.1, 0.15) is 0 Å². The van der Waals surface area contributed by atoms with Gasteiger partial charge in [0.1, 0.15) is 5.75 Å². The largest absolute Gasteiger partial charge is 0.573 e. The summed E-state index contributed by atoms with van der Waals surface area (Å²) in [5.74, 6) is 0.887. The number of anilines is 2. The molecule has 0 spiro atoms. The molecule has 1 aliphatic heterocycles. The van der Waals surface area contributed by atoms with Crippen molar-refractivity contribution in [2.75, 3.05) is 17.4 Å². The number of fused-ring (bicyclic) bond motifs is 1. The SMILES string of the molecule is FC(F)(F)Oc1cccc(NC(=S)Nc2ccc3c(c2)OCO3)c1. The minimum Gasteiger partial charge on any atom is -0.454 e. The monoisotopic (exact) mass is 356 g/mol. The van der Waals surface area contributed by atoms with Crippen molar-refractivity contribution in [1.29, 1.82) is 0 Å². The topological polar surface area (TPSA) is 51.8 Å². The van der Waals surface area contributed by atoms with Crippen LogP contribution in [-0.2, 0) is 0 Å². The maximum Gasteiger partial charge on any atom is 0.573 e. The van der Waals surface area contributed by atoms with E-state index in [0.717, 1.165) is 0 Å². The van der Waals surface area contributed by atoms with Crippen molar-refractivity contribution in [2.45, 2.75) is 6.36 Å². The average Bonchev–Trinajstić information content (AvgIpc) is 2.93. The first-order valence-electron chi connectivity index (χ1n) is 6.72. The summed E-state index contributed by atoms with van der Waals surface area (Å²) in [5, 5.41) is 5.90. The zero-order chi connectivity index (χ0) is 17.2. The second-order valence-corrected chi connectivity index (χ2v) is 5.13. The summed E-state index contributed by atoms with van der Waals surface area (Å²) in [6.45, 7) is 0.160. The number of benzene rings is 2. The quantitative estimate of drug-likeness (QED) is 0.807. The Morgan fingerprint density at radius 2 is 1.71 bits per heavy atom. The van der Waals surface area contributed by atoms with Crippen LogP contribution >= 0.6 is 12.2 Å². The van der Waals surface area contributed by atoms with E-state index in [1.807, 2.05) is 0 Å². The summed E-state index contributed by atoms with van der Waals surface area (Å²) in [4.78, 5) is 0. The van der Waals surface area contributed by atoms with Crippen molar-refractivity contribution in [1.82, 2.24) is 0 Å². The molecule has 0 saturated heterocycles. The molecule has 2 aromatic carbocycles. The Morgan fingerprint density at radius 3 is 2.46 bits per heavy atom. The van der Waals surface area contributed by atoms with Gasteiger partial charge in [-0.2, -0.15) is 0 Å². The maximum absolute atomic E-state index is 12.2. The molecule has 24 heavy (non-hydrogen) atoms. The molecule has 1 heterocycles. The first kappa shape index (κ1) is 16.2. The van der Waals surface area contributed by atoms with Crippen molar-refractivity contribution in [3.63, 3.8) is 0 Å². The third kappa shape index (κ3) is 4.19. The molecule has 0 saturated carbocycles. The molecule has 1 aliphatic rings. The van der Waals surface area contributed by atoms with Gasteiger partial charge in [0.15, 0.2) is 16.6 Å². The molecule has 0 unspecified atom stereocenters. The van der Waals surface area contributed by atoms with E-state index in [2.05, 4.69) is 15.4 Å². The van der Waals surface area contributed by atoms with Crippen LogP contribution in [0, 0.1) is 0 Å². The van der Waals surface area contributed by atoms with E-state index in [1.165, 1.54) is 18.2 Å². The van der Waals surface area contributed by atoms with Gasteiger partial charge in [-0.25, -0.2) is 0 Å². The van der Waals surface area contributed by atoms with Crippen LogP contribution in [-0.4, -0.2) is 18.3 Å². The molecule has 126 valence electrons. The second-order valence-electron chi connectivity index (χ2n) is 4.72. The zero-order valence-corrected chi connectivity index (χ0v) is 12.8. The van der Waals surface area contributed by atoms with E-state index in [-0.39, 0.29) is 17.7 Å². The smallest absolute Gasteiger partial charge is 0.454 e. The van der Waals surface area contributed by atoms with Gasteiger partial charge in [0.25, 0.3) is 0 Å². The van der Waals surface area contributed by atoms with Gasteiger partial charge in [-0.05, 0) is 36.5 Å². The predicted molar refractivity (Wildman–Crippen MR) is 85.5 cm³/mol. The highest BCUT2D eigenvalue weighted by Crippen LogP contribution is 2.34. The molecule has 0 aliphatic carbocycles. The normalized spacial score (nSPS) is 12.6. The minimum absolute atomic E-state index is 0.160. The van der Waals surface area contributed by atoms with Crippen molar-refractivity contribution in [2.24, 2.45) is 0 Å². The summed E-state index contributed by atoms with van der Waals surface area (Å²) >= 11 is 5.14. The third-order valence-electron chi connectivity index (χ3n) is 2.96. The van der Waals surface area contributed by atoms with Crippen LogP contribution in [0.2, 0.25) is 0 Å². The van der Waals surface area contributed by atoms with Crippen LogP contribution in [0.5, 0.6) is 17.2 Å². The molecule has 2 aromatic rings. The summed E-state index contributed by atoms with van der Waals surface area (Å²) in [6, 6.07) is 10.6. The highest BCUT2D eigenvalue weighted by molar-refractivity contribution is 7.80. The zero-order valence-electron chi connectivity index (χ0n) is 12.0. The number of nitrogens with one attached hydrogen (secondary N) is 2. The van der Waals surface area contributed by atoms with E-state index in [9.17, 15) is 13.2 Å². The van der Waals surface area contributed by atoms with Crippen LogP contribution in [0.15, 0.2) is 42.5 Å². The molecule has 0 fully saturated rings. The predicted octanol–water partition coefficient (Wildman–Crippen LogP) is 4.12. The van der Waals surface area contributed by atoms with Gasteiger partial charge in [0, 0.05) is 23.5 Å². The summed E-state index contributed by atoms with van der Waals surface area (Å²) < 4.78 is 51.0. The van der Waals surface area contributed by atoms with Crippen LogP contribution in [0.25, 0.3) is 0 Å². The Morgan fingerprint density at radius 1 is 1.00 bits per heavy atom. The van der Waals surface area contributed by atoms with E-state index < -0.39 is 6.36 Å². The Hall–Kier alpha value is -2.68. The molecule has 0 amide bonds. The second kappa shape index (κ2) is 6.44. The molecule has 0 radical (unpaired) electrons. The van der Waals surface area contributed by atoms with Gasteiger partial charge >= 0.3 is 6.36 Å². The van der Waals surface area contributed by atoms with Gasteiger partial charge in [0.05, 0.1) is 0 Å². The number of alkyl halides is 3. The van der Waals surface area contributed by atoms with Crippen molar-refractivity contribution in [3.05, 3.63) is 42.5 Å². The number of ether oxygens (including phenoxy) is 3. The van der Waals surface area contributed by atoms with E-state index in [4.69, 9.17) is 21.7 Å². The van der Waals surface area contributed by atoms with Crippen molar-refractivity contribution >= 4 is 28.7 Å². The highest BCUT2D eigenvalue weighted by atomic mass is 32.1. The lowest BCUT2D eigenvalue weighted by atomic mass is 10.3. The van der Waals surface area contributed by atoms with Gasteiger partial charge < -0.3 is 24.8 Å². The summed E-state index contributed by atoms with van der Waals surface area (Å²) in [5.41, 5.74) is 1.01. The van der Waals surface area contributed by atoms with E-state index in [0.29, 0.717) is 22.9 Å². The fraction of sp³-hybridized carbons (Fsp3) is 0.133. The highest BCUT2D eigenvalue weighted by Gasteiger charge is 2.31. The molecule has 0 aromatic heterocycles. The standard InChI is InChI=1S/C15H11F3N2O3S/c16-15(17,18)23-11-3-1-2-9(6-11)19-14(24)20-10-4-5-12-13(7-10)22-8-21-12/h1-7H,8H2,(H2,19,20,24). The van der Waals surface area contributed by atoms with Gasteiger partial charge in [-0.1, -0.05) is 6.07 Å². The molecule has 5 nitrogen and oxygen atoms in total. The average molecular weight is 356 g/mol. The fourth-order valence-corrected chi connectivity index (χ4v) is 2.27. The van der Waals surface area contributed by atoms with Crippen molar-refractivity contribution < 1.29 is 27.4 Å². The summed E-state index contributed by atoms with van der Waals surface area (Å²) in [7, 11) is 0. The third-order valence-corrected chi connectivity index (χ3v) is 3.16.